The first-order chi connectivity index (χ1) is 9.72. The van der Waals surface area contributed by atoms with E-state index in [-0.39, 0.29) is 12.4 Å². The van der Waals surface area contributed by atoms with E-state index in [2.05, 4.69) is 5.32 Å². The van der Waals surface area contributed by atoms with Gasteiger partial charge in [0, 0.05) is 18.2 Å². The second kappa shape index (κ2) is 6.91. The molecule has 0 spiro atoms. The van der Waals surface area contributed by atoms with E-state index < -0.39 is 0 Å². The van der Waals surface area contributed by atoms with Crippen LogP contribution in [0.15, 0.2) is 42.5 Å². The second-order valence-electron chi connectivity index (χ2n) is 4.42. The SMILES string of the molecule is CNCc1ccc(OCc2ccc(OC)cc2F)cc1. The predicted octanol–water partition coefficient (Wildman–Crippen LogP) is 3.13. The summed E-state index contributed by atoms with van der Waals surface area (Å²) >= 11 is 0. The molecule has 1 N–H and O–H groups in total. The minimum atomic E-state index is -0.323. The molecule has 2 rings (SSSR count). The van der Waals surface area contributed by atoms with Crippen molar-refractivity contribution in [1.29, 1.82) is 0 Å². The summed E-state index contributed by atoms with van der Waals surface area (Å²) in [6, 6.07) is 12.5. The van der Waals surface area contributed by atoms with Crippen molar-refractivity contribution < 1.29 is 13.9 Å². The molecule has 4 heteroatoms. The highest BCUT2D eigenvalue weighted by atomic mass is 19.1. The highest BCUT2D eigenvalue weighted by molar-refractivity contribution is 5.30. The van der Waals surface area contributed by atoms with E-state index in [9.17, 15) is 4.39 Å². The lowest BCUT2D eigenvalue weighted by Crippen LogP contribution is -2.04. The lowest BCUT2D eigenvalue weighted by molar-refractivity contribution is 0.299. The Morgan fingerprint density at radius 3 is 2.35 bits per heavy atom. The number of benzene rings is 2. The van der Waals surface area contributed by atoms with Crippen molar-refractivity contribution in [1.82, 2.24) is 5.32 Å². The number of hydrogen-bond acceptors (Lipinski definition) is 3. The number of rotatable bonds is 6. The van der Waals surface area contributed by atoms with Crippen molar-refractivity contribution in [3.8, 4) is 11.5 Å². The van der Waals surface area contributed by atoms with Crippen LogP contribution in [0.2, 0.25) is 0 Å². The highest BCUT2D eigenvalue weighted by Gasteiger charge is 2.05. The van der Waals surface area contributed by atoms with Crippen LogP contribution in [0.25, 0.3) is 0 Å². The largest absolute Gasteiger partial charge is 0.497 e. The van der Waals surface area contributed by atoms with Crippen molar-refractivity contribution >= 4 is 0 Å². The number of nitrogens with one attached hydrogen (secondary N) is 1. The Morgan fingerprint density at radius 1 is 1.05 bits per heavy atom. The average molecular weight is 275 g/mol. The van der Waals surface area contributed by atoms with E-state index in [0.717, 1.165) is 12.3 Å². The van der Waals surface area contributed by atoms with E-state index >= 15 is 0 Å². The molecule has 20 heavy (non-hydrogen) atoms. The lowest BCUT2D eigenvalue weighted by Gasteiger charge is -2.09. The maximum Gasteiger partial charge on any atom is 0.133 e. The predicted molar refractivity (Wildman–Crippen MR) is 76.5 cm³/mol. The smallest absolute Gasteiger partial charge is 0.133 e. The number of methoxy groups -OCH3 is 1. The third kappa shape index (κ3) is 3.71. The first kappa shape index (κ1) is 14.3. The Labute approximate surface area is 118 Å². The van der Waals surface area contributed by atoms with Gasteiger partial charge >= 0.3 is 0 Å². The van der Waals surface area contributed by atoms with Crippen molar-refractivity contribution in [2.75, 3.05) is 14.2 Å². The van der Waals surface area contributed by atoms with Crippen LogP contribution < -0.4 is 14.8 Å². The molecule has 0 aliphatic carbocycles. The lowest BCUT2D eigenvalue weighted by atomic mass is 10.2. The summed E-state index contributed by atoms with van der Waals surface area (Å²) in [7, 11) is 3.41. The van der Waals surface area contributed by atoms with Crippen LogP contribution in [0, 0.1) is 5.82 Å². The number of hydrogen-bond donors (Lipinski definition) is 1. The average Bonchev–Trinajstić information content (AvgIpc) is 2.48. The van der Waals surface area contributed by atoms with Crippen molar-refractivity contribution in [3.05, 3.63) is 59.4 Å². The van der Waals surface area contributed by atoms with Crippen LogP contribution >= 0.6 is 0 Å². The summed E-state index contributed by atoms with van der Waals surface area (Å²) in [6.45, 7) is 1.01. The van der Waals surface area contributed by atoms with Gasteiger partial charge in [0.25, 0.3) is 0 Å². The quantitative estimate of drug-likeness (QED) is 0.878. The molecule has 2 aromatic rings. The van der Waals surface area contributed by atoms with Crippen molar-refractivity contribution in [2.45, 2.75) is 13.2 Å². The van der Waals surface area contributed by atoms with Crippen molar-refractivity contribution in [3.63, 3.8) is 0 Å². The van der Waals surface area contributed by atoms with E-state index in [1.165, 1.54) is 18.7 Å². The van der Waals surface area contributed by atoms with Crippen LogP contribution in [0.3, 0.4) is 0 Å². The Balaban J connectivity index is 1.97. The van der Waals surface area contributed by atoms with Gasteiger partial charge in [0.15, 0.2) is 0 Å². The van der Waals surface area contributed by atoms with Gasteiger partial charge in [-0.05, 0) is 36.9 Å². The summed E-state index contributed by atoms with van der Waals surface area (Å²) in [4.78, 5) is 0. The molecule has 0 radical (unpaired) electrons. The summed E-state index contributed by atoms with van der Waals surface area (Å²) in [5, 5.41) is 3.08. The zero-order chi connectivity index (χ0) is 14.4. The molecular formula is C16H18FNO2. The van der Waals surface area contributed by atoms with Crippen LogP contribution in [0.5, 0.6) is 11.5 Å². The maximum atomic E-state index is 13.7. The van der Waals surface area contributed by atoms with Crippen LogP contribution in [-0.2, 0) is 13.2 Å². The molecule has 2 aromatic carbocycles. The van der Waals surface area contributed by atoms with E-state index in [1.807, 2.05) is 31.3 Å². The fourth-order valence-corrected chi connectivity index (χ4v) is 1.84. The van der Waals surface area contributed by atoms with E-state index in [1.54, 1.807) is 12.1 Å². The van der Waals surface area contributed by atoms with Gasteiger partial charge in [0.2, 0.25) is 0 Å². The standard InChI is InChI=1S/C16H18FNO2/c1-18-10-12-3-6-14(7-4-12)20-11-13-5-8-15(19-2)9-16(13)17/h3-9,18H,10-11H2,1-2H3. The molecular weight excluding hydrogens is 257 g/mol. The third-order valence-electron chi connectivity index (χ3n) is 2.96. The fourth-order valence-electron chi connectivity index (χ4n) is 1.84. The van der Waals surface area contributed by atoms with Gasteiger partial charge in [-0.15, -0.1) is 0 Å². The highest BCUT2D eigenvalue weighted by Crippen LogP contribution is 2.19. The Hall–Kier alpha value is -2.07. The molecule has 0 amide bonds. The zero-order valence-electron chi connectivity index (χ0n) is 11.7. The summed E-state index contributed by atoms with van der Waals surface area (Å²) in [6.07, 6.45) is 0. The van der Waals surface area contributed by atoms with Crippen LogP contribution in [0.4, 0.5) is 4.39 Å². The van der Waals surface area contributed by atoms with Crippen molar-refractivity contribution in [2.24, 2.45) is 0 Å². The van der Waals surface area contributed by atoms with Gasteiger partial charge < -0.3 is 14.8 Å². The first-order valence-corrected chi connectivity index (χ1v) is 6.41. The summed E-state index contributed by atoms with van der Waals surface area (Å²) in [5.41, 5.74) is 1.68. The second-order valence-corrected chi connectivity index (χ2v) is 4.42. The van der Waals surface area contributed by atoms with E-state index in [0.29, 0.717) is 11.3 Å². The summed E-state index contributed by atoms with van der Waals surface area (Å²) < 4.78 is 24.3. The Kier molecular flexibility index (Phi) is 4.96. The molecule has 0 aliphatic heterocycles. The molecule has 0 saturated carbocycles. The molecule has 0 saturated heterocycles. The molecule has 0 atom stereocenters. The topological polar surface area (TPSA) is 30.5 Å². The molecule has 0 bridgehead atoms. The number of ether oxygens (including phenoxy) is 2. The number of halogens is 1. The third-order valence-corrected chi connectivity index (χ3v) is 2.96. The Morgan fingerprint density at radius 2 is 1.75 bits per heavy atom. The molecule has 0 unspecified atom stereocenters. The monoisotopic (exact) mass is 275 g/mol. The van der Waals surface area contributed by atoms with Gasteiger partial charge in [-0.1, -0.05) is 12.1 Å². The Bertz CT molecular complexity index is 555. The minimum absolute atomic E-state index is 0.196. The molecule has 0 aliphatic rings. The van der Waals surface area contributed by atoms with Gasteiger partial charge in [0.1, 0.15) is 23.9 Å². The maximum absolute atomic E-state index is 13.7. The summed E-state index contributed by atoms with van der Waals surface area (Å²) in [5.74, 6) is 0.902. The normalized spacial score (nSPS) is 10.3. The van der Waals surface area contributed by atoms with Crippen LogP contribution in [-0.4, -0.2) is 14.2 Å². The molecule has 0 heterocycles. The molecule has 3 nitrogen and oxygen atoms in total. The molecule has 0 aromatic heterocycles. The van der Waals surface area contributed by atoms with Gasteiger partial charge in [0.05, 0.1) is 7.11 Å². The van der Waals surface area contributed by atoms with Gasteiger partial charge in [-0.2, -0.15) is 0 Å². The van der Waals surface area contributed by atoms with Gasteiger partial charge in [-0.3, -0.25) is 0 Å². The van der Waals surface area contributed by atoms with Crippen LogP contribution in [0.1, 0.15) is 11.1 Å². The molecule has 106 valence electrons. The molecule has 0 fully saturated rings. The van der Waals surface area contributed by atoms with E-state index in [4.69, 9.17) is 9.47 Å². The minimum Gasteiger partial charge on any atom is -0.497 e. The first-order valence-electron chi connectivity index (χ1n) is 6.41. The zero-order valence-corrected chi connectivity index (χ0v) is 11.7. The van der Waals surface area contributed by atoms with Gasteiger partial charge in [-0.25, -0.2) is 4.39 Å². The fraction of sp³-hybridized carbons (Fsp3) is 0.250.